The fraction of sp³-hybridized carbons (Fsp3) is 0.316. The Morgan fingerprint density at radius 1 is 1.17 bits per heavy atom. The van der Waals surface area contributed by atoms with E-state index in [0.29, 0.717) is 29.7 Å². The van der Waals surface area contributed by atoms with Crippen LogP contribution in [0.1, 0.15) is 38.2 Å². The molecule has 0 fully saturated rings. The first-order valence-corrected chi connectivity index (χ1v) is 9.02. The number of carbonyl (C=O) groups is 1. The Morgan fingerprint density at radius 3 is 2.58 bits per heavy atom. The Kier molecular flexibility index (Phi) is 7.13. The summed E-state index contributed by atoms with van der Waals surface area (Å²) in [6.07, 6.45) is 0.842. The third-order valence-corrected chi connectivity index (χ3v) is 4.40. The first-order chi connectivity index (χ1) is 11.5. The van der Waals surface area contributed by atoms with E-state index in [9.17, 15) is 4.79 Å². The Labute approximate surface area is 156 Å². The number of rotatable bonds is 7. The lowest BCUT2D eigenvalue weighted by molar-refractivity contribution is -0.134. The Morgan fingerprint density at radius 2 is 1.92 bits per heavy atom. The second kappa shape index (κ2) is 9.09. The molecule has 0 saturated carbocycles. The van der Waals surface area contributed by atoms with E-state index < -0.39 is 0 Å². The van der Waals surface area contributed by atoms with Crippen LogP contribution in [0.5, 0.6) is 11.5 Å². The van der Waals surface area contributed by atoms with Crippen LogP contribution in [0.4, 0.5) is 0 Å². The van der Waals surface area contributed by atoms with Crippen molar-refractivity contribution in [3.05, 3.63) is 57.5 Å². The van der Waals surface area contributed by atoms with E-state index in [0.717, 1.165) is 10.2 Å². The van der Waals surface area contributed by atoms with Gasteiger partial charge >= 0.3 is 5.97 Å². The molecule has 0 radical (unpaired) electrons. The number of hydrogen-bond donors (Lipinski definition) is 0. The van der Waals surface area contributed by atoms with Crippen LogP contribution in [0.25, 0.3) is 0 Å². The highest BCUT2D eigenvalue weighted by Gasteiger charge is 2.09. The summed E-state index contributed by atoms with van der Waals surface area (Å²) in [5.74, 6) is 1.31. The van der Waals surface area contributed by atoms with Crippen molar-refractivity contribution in [2.24, 2.45) is 0 Å². The van der Waals surface area contributed by atoms with Gasteiger partial charge in [-0.2, -0.15) is 0 Å². The SMILES string of the molecule is CC(C)c1ccc(OCCCC(=O)Oc2ccccc2Cl)c(Br)c1. The lowest BCUT2D eigenvalue weighted by Crippen LogP contribution is -2.10. The van der Waals surface area contributed by atoms with Gasteiger partial charge in [0.25, 0.3) is 0 Å². The van der Waals surface area contributed by atoms with Gasteiger partial charge in [-0.15, -0.1) is 0 Å². The van der Waals surface area contributed by atoms with Gasteiger partial charge in [-0.1, -0.05) is 43.6 Å². The van der Waals surface area contributed by atoms with Crippen molar-refractivity contribution in [3.63, 3.8) is 0 Å². The summed E-state index contributed by atoms with van der Waals surface area (Å²) < 4.78 is 11.9. The number of hydrogen-bond acceptors (Lipinski definition) is 3. The zero-order valence-electron chi connectivity index (χ0n) is 13.7. The number of carbonyl (C=O) groups excluding carboxylic acids is 1. The molecule has 5 heteroatoms. The molecule has 0 aliphatic rings. The van der Waals surface area contributed by atoms with Gasteiger partial charge in [-0.3, -0.25) is 4.79 Å². The summed E-state index contributed by atoms with van der Waals surface area (Å²) in [7, 11) is 0. The van der Waals surface area contributed by atoms with Gasteiger partial charge in [0.05, 0.1) is 16.1 Å². The molecule has 3 nitrogen and oxygen atoms in total. The van der Waals surface area contributed by atoms with E-state index in [1.54, 1.807) is 24.3 Å². The molecule has 0 aliphatic carbocycles. The monoisotopic (exact) mass is 410 g/mol. The summed E-state index contributed by atoms with van der Waals surface area (Å²) in [4.78, 5) is 11.8. The second-order valence-corrected chi connectivity index (χ2v) is 6.96. The van der Waals surface area contributed by atoms with Gasteiger partial charge in [-0.25, -0.2) is 0 Å². The van der Waals surface area contributed by atoms with Gasteiger partial charge in [0.2, 0.25) is 0 Å². The molecule has 0 amide bonds. The van der Waals surface area contributed by atoms with Crippen molar-refractivity contribution < 1.29 is 14.3 Å². The summed E-state index contributed by atoms with van der Waals surface area (Å²) in [6, 6.07) is 13.0. The quantitative estimate of drug-likeness (QED) is 0.319. The molecule has 24 heavy (non-hydrogen) atoms. The predicted octanol–water partition coefficient (Wildman–Crippen LogP) is 5.99. The normalized spacial score (nSPS) is 10.7. The van der Waals surface area contributed by atoms with Crippen molar-refractivity contribution in [3.8, 4) is 11.5 Å². The molecule has 0 N–H and O–H groups in total. The molecule has 0 saturated heterocycles. The van der Waals surface area contributed by atoms with Crippen molar-refractivity contribution in [2.45, 2.75) is 32.6 Å². The van der Waals surface area contributed by atoms with Crippen LogP contribution in [-0.2, 0) is 4.79 Å². The zero-order chi connectivity index (χ0) is 17.5. The standard InChI is InChI=1S/C19H20BrClO3/c1-13(2)14-9-10-17(15(20)12-14)23-11-5-8-19(22)24-18-7-4-3-6-16(18)21/h3-4,6-7,9-10,12-13H,5,8,11H2,1-2H3. The summed E-state index contributed by atoms with van der Waals surface area (Å²) >= 11 is 9.47. The largest absolute Gasteiger partial charge is 0.492 e. The van der Waals surface area contributed by atoms with Gasteiger partial charge in [0.15, 0.2) is 0 Å². The summed E-state index contributed by atoms with van der Waals surface area (Å²) in [5.41, 5.74) is 1.25. The van der Waals surface area contributed by atoms with E-state index in [-0.39, 0.29) is 12.4 Å². The van der Waals surface area contributed by atoms with E-state index in [1.807, 2.05) is 6.07 Å². The minimum atomic E-state index is -0.319. The number of benzene rings is 2. The van der Waals surface area contributed by atoms with Crippen LogP contribution in [0.15, 0.2) is 46.9 Å². The number of halogens is 2. The van der Waals surface area contributed by atoms with Gasteiger partial charge in [0, 0.05) is 6.42 Å². The van der Waals surface area contributed by atoms with Crippen LogP contribution >= 0.6 is 27.5 Å². The van der Waals surface area contributed by atoms with Crippen LogP contribution < -0.4 is 9.47 Å². The molecule has 2 aromatic carbocycles. The average molecular weight is 412 g/mol. The Hall–Kier alpha value is -1.52. The molecule has 0 atom stereocenters. The smallest absolute Gasteiger partial charge is 0.311 e. The predicted molar refractivity (Wildman–Crippen MR) is 100 cm³/mol. The first kappa shape index (κ1) is 18.8. The molecule has 0 bridgehead atoms. The average Bonchev–Trinajstić information content (AvgIpc) is 2.54. The van der Waals surface area contributed by atoms with E-state index >= 15 is 0 Å². The maximum absolute atomic E-state index is 11.8. The topological polar surface area (TPSA) is 35.5 Å². The number of ether oxygens (including phenoxy) is 2. The molecule has 0 spiro atoms. The van der Waals surface area contributed by atoms with Crippen LogP contribution in [0.3, 0.4) is 0 Å². The highest BCUT2D eigenvalue weighted by Crippen LogP contribution is 2.29. The van der Waals surface area contributed by atoms with E-state index in [2.05, 4.69) is 41.9 Å². The van der Waals surface area contributed by atoms with E-state index in [1.165, 1.54) is 5.56 Å². The lowest BCUT2D eigenvalue weighted by Gasteiger charge is -2.11. The highest BCUT2D eigenvalue weighted by atomic mass is 79.9. The molecule has 0 aliphatic heterocycles. The molecule has 2 rings (SSSR count). The molecule has 0 aromatic heterocycles. The first-order valence-electron chi connectivity index (χ1n) is 7.85. The minimum Gasteiger partial charge on any atom is -0.492 e. The zero-order valence-corrected chi connectivity index (χ0v) is 16.1. The molecule has 128 valence electrons. The van der Waals surface area contributed by atoms with Crippen molar-refractivity contribution in [1.29, 1.82) is 0 Å². The molecule has 0 unspecified atom stereocenters. The maximum atomic E-state index is 11.8. The molecular formula is C19H20BrClO3. The molecule has 2 aromatic rings. The molecular weight excluding hydrogens is 392 g/mol. The number of para-hydroxylation sites is 1. The lowest BCUT2D eigenvalue weighted by atomic mass is 10.0. The third kappa shape index (κ3) is 5.53. The van der Waals surface area contributed by atoms with Crippen LogP contribution in [-0.4, -0.2) is 12.6 Å². The van der Waals surface area contributed by atoms with E-state index in [4.69, 9.17) is 21.1 Å². The highest BCUT2D eigenvalue weighted by molar-refractivity contribution is 9.10. The summed E-state index contributed by atoms with van der Waals surface area (Å²) in [6.45, 7) is 4.73. The fourth-order valence-corrected chi connectivity index (χ4v) is 2.78. The fourth-order valence-electron chi connectivity index (χ4n) is 2.09. The van der Waals surface area contributed by atoms with Gasteiger partial charge < -0.3 is 9.47 Å². The van der Waals surface area contributed by atoms with Crippen molar-refractivity contribution >= 4 is 33.5 Å². The minimum absolute atomic E-state index is 0.271. The van der Waals surface area contributed by atoms with Gasteiger partial charge in [0.1, 0.15) is 11.5 Å². The maximum Gasteiger partial charge on any atom is 0.311 e. The Bertz CT molecular complexity index is 701. The Balaban J connectivity index is 1.77. The third-order valence-electron chi connectivity index (χ3n) is 3.47. The van der Waals surface area contributed by atoms with Gasteiger partial charge in [-0.05, 0) is 58.1 Å². The second-order valence-electron chi connectivity index (χ2n) is 5.70. The number of esters is 1. The van der Waals surface area contributed by atoms with Crippen molar-refractivity contribution in [2.75, 3.05) is 6.61 Å². The van der Waals surface area contributed by atoms with Crippen LogP contribution in [0.2, 0.25) is 5.02 Å². The molecule has 0 heterocycles. The van der Waals surface area contributed by atoms with Crippen LogP contribution in [0, 0.1) is 0 Å². The van der Waals surface area contributed by atoms with Crippen molar-refractivity contribution in [1.82, 2.24) is 0 Å². The summed E-state index contributed by atoms with van der Waals surface area (Å²) in [5, 5.41) is 0.427.